The van der Waals surface area contributed by atoms with E-state index < -0.39 is 0 Å². The van der Waals surface area contributed by atoms with E-state index in [1.54, 1.807) is 6.92 Å². The topological polar surface area (TPSA) is 94.2 Å². The van der Waals surface area contributed by atoms with E-state index in [9.17, 15) is 0 Å². The molecule has 7 heteroatoms. The number of aromatic nitrogens is 2. The molecule has 0 unspecified atom stereocenters. The van der Waals surface area contributed by atoms with E-state index in [1.165, 1.54) is 55.5 Å². The van der Waals surface area contributed by atoms with E-state index in [1.807, 2.05) is 6.08 Å². The molecule has 4 rings (SSSR count). The molecule has 0 bridgehead atoms. The van der Waals surface area contributed by atoms with E-state index >= 15 is 0 Å². The van der Waals surface area contributed by atoms with Crippen LogP contribution < -0.4 is 16.0 Å². The minimum absolute atomic E-state index is 0.301. The van der Waals surface area contributed by atoms with E-state index in [2.05, 4.69) is 94.2 Å². The largest absolute Gasteiger partial charge is 0.383 e. The molecule has 1 fully saturated rings. The summed E-state index contributed by atoms with van der Waals surface area (Å²) in [5, 5.41) is 11.7. The van der Waals surface area contributed by atoms with Crippen molar-refractivity contribution in [2.75, 3.05) is 49.2 Å². The van der Waals surface area contributed by atoms with E-state index in [0.717, 1.165) is 36.2 Å². The lowest BCUT2D eigenvalue weighted by atomic mass is 10.0. The molecular weight excluding hydrogens is 494 g/mol. The normalized spacial score (nSPS) is 14.1. The summed E-state index contributed by atoms with van der Waals surface area (Å²) in [6, 6.07) is 15.0. The molecule has 2 aromatic carbocycles. The van der Waals surface area contributed by atoms with Gasteiger partial charge in [0.2, 0.25) is 0 Å². The zero-order valence-corrected chi connectivity index (χ0v) is 24.2. The lowest BCUT2D eigenvalue weighted by Crippen LogP contribution is -2.30. The first-order valence-corrected chi connectivity index (χ1v) is 14.3. The molecule has 1 aromatic heterocycles. The van der Waals surface area contributed by atoms with Crippen LogP contribution in [0, 0.1) is 12.3 Å². The maximum Gasteiger partial charge on any atom is 0.140 e. The number of nitrogens with two attached hydrogens (primary N) is 1. The number of nitrogen functional groups attached to an aromatic ring is 1. The average Bonchev–Trinajstić information content (AvgIpc) is 2.95. The van der Waals surface area contributed by atoms with Crippen LogP contribution >= 0.6 is 0 Å². The highest BCUT2D eigenvalue weighted by Gasteiger charge is 2.17. The third-order valence-electron chi connectivity index (χ3n) is 7.73. The number of hydrogen-bond donors (Lipinski definition) is 3. The van der Waals surface area contributed by atoms with Gasteiger partial charge >= 0.3 is 0 Å². The van der Waals surface area contributed by atoms with Gasteiger partial charge in [0.15, 0.2) is 0 Å². The van der Waals surface area contributed by atoms with Crippen molar-refractivity contribution >= 4 is 35.2 Å². The van der Waals surface area contributed by atoms with Crippen molar-refractivity contribution in [1.82, 2.24) is 14.9 Å². The minimum atomic E-state index is 0.301. The highest BCUT2D eigenvalue weighted by Crippen LogP contribution is 2.28. The molecule has 0 aliphatic carbocycles. The van der Waals surface area contributed by atoms with Gasteiger partial charge in [-0.1, -0.05) is 55.5 Å². The molecule has 3 aromatic rings. The predicted octanol–water partition coefficient (Wildman–Crippen LogP) is 6.41. The molecule has 0 radical (unpaired) electrons. The van der Waals surface area contributed by atoms with Crippen LogP contribution in [-0.2, 0) is 6.42 Å². The number of nitrogens with one attached hydrogen (secondary N) is 2. The van der Waals surface area contributed by atoms with E-state index in [0.29, 0.717) is 29.5 Å². The Balaban J connectivity index is 1.64. The van der Waals surface area contributed by atoms with Gasteiger partial charge in [0.05, 0.1) is 12.1 Å². The highest BCUT2D eigenvalue weighted by atomic mass is 15.2. The lowest BCUT2D eigenvalue weighted by molar-refractivity contribution is 0.226. The zero-order chi connectivity index (χ0) is 28.5. The summed E-state index contributed by atoms with van der Waals surface area (Å²) in [6.45, 7) is 12.0. The monoisotopic (exact) mass is 537 g/mol. The molecule has 7 nitrogen and oxygen atoms in total. The van der Waals surface area contributed by atoms with E-state index in [4.69, 9.17) is 11.1 Å². The van der Waals surface area contributed by atoms with Gasteiger partial charge in [0.1, 0.15) is 18.0 Å². The predicted molar refractivity (Wildman–Crippen MR) is 170 cm³/mol. The van der Waals surface area contributed by atoms with Crippen LogP contribution in [0.3, 0.4) is 0 Å². The summed E-state index contributed by atoms with van der Waals surface area (Å²) in [5.41, 5.74) is 13.9. The second-order valence-corrected chi connectivity index (χ2v) is 10.6. The summed E-state index contributed by atoms with van der Waals surface area (Å²) in [5.74, 6) is 0.859. The van der Waals surface area contributed by atoms with Gasteiger partial charge in [-0.2, -0.15) is 0 Å². The quantitative estimate of drug-likeness (QED) is 0.231. The van der Waals surface area contributed by atoms with Gasteiger partial charge < -0.3 is 26.3 Å². The fourth-order valence-corrected chi connectivity index (χ4v) is 5.51. The fourth-order valence-electron chi connectivity index (χ4n) is 5.51. The maximum absolute atomic E-state index is 8.20. The zero-order valence-electron chi connectivity index (χ0n) is 24.2. The molecular formula is C33H43N7. The lowest BCUT2D eigenvalue weighted by Gasteiger charge is -2.28. The maximum atomic E-state index is 8.20. The number of benzene rings is 2. The van der Waals surface area contributed by atoms with Crippen molar-refractivity contribution in [3.63, 3.8) is 0 Å². The Kier molecular flexibility index (Phi) is 10.1. The first-order chi connectivity index (χ1) is 19.4. The molecule has 0 amide bonds. The second-order valence-electron chi connectivity index (χ2n) is 10.6. The Morgan fingerprint density at radius 1 is 1.12 bits per heavy atom. The summed E-state index contributed by atoms with van der Waals surface area (Å²) in [6.07, 6.45) is 11.7. The molecule has 0 atom stereocenters. The SMILES string of the molecule is C=Cc1c(C)cccc1/C=C(/CNc1ncnc(N)c1C(C)=N)N(C)c1ccccc1CCCN1CCCCC1. The van der Waals surface area contributed by atoms with Crippen molar-refractivity contribution in [3.05, 3.63) is 88.9 Å². The number of likely N-dealkylation sites (N-methyl/N-ethyl adjacent to an activating group) is 1. The number of likely N-dealkylation sites (tertiary alicyclic amines) is 1. The highest BCUT2D eigenvalue weighted by molar-refractivity contribution is 6.04. The van der Waals surface area contributed by atoms with Crippen molar-refractivity contribution in [2.24, 2.45) is 0 Å². The first kappa shape index (κ1) is 29.0. The third-order valence-corrected chi connectivity index (χ3v) is 7.73. The Morgan fingerprint density at radius 3 is 2.65 bits per heavy atom. The van der Waals surface area contributed by atoms with Crippen LogP contribution in [0.4, 0.5) is 17.3 Å². The van der Waals surface area contributed by atoms with Crippen LogP contribution in [0.25, 0.3) is 12.2 Å². The summed E-state index contributed by atoms with van der Waals surface area (Å²) in [7, 11) is 2.12. The van der Waals surface area contributed by atoms with Crippen LogP contribution in [0.15, 0.2) is 61.1 Å². The molecule has 40 heavy (non-hydrogen) atoms. The Labute approximate surface area is 239 Å². The van der Waals surface area contributed by atoms with Crippen molar-refractivity contribution in [2.45, 2.75) is 46.0 Å². The summed E-state index contributed by atoms with van der Waals surface area (Å²) in [4.78, 5) is 13.4. The number of hydrogen-bond acceptors (Lipinski definition) is 7. The molecule has 1 aliphatic heterocycles. The summed E-state index contributed by atoms with van der Waals surface area (Å²) >= 11 is 0. The van der Waals surface area contributed by atoms with Gasteiger partial charge in [-0.15, -0.1) is 0 Å². The number of nitrogens with zero attached hydrogens (tertiary/aromatic N) is 4. The third kappa shape index (κ3) is 7.16. The van der Waals surface area contributed by atoms with Gasteiger partial charge in [-0.25, -0.2) is 9.97 Å². The number of anilines is 3. The van der Waals surface area contributed by atoms with Gasteiger partial charge in [0.25, 0.3) is 0 Å². The van der Waals surface area contributed by atoms with E-state index in [-0.39, 0.29) is 0 Å². The first-order valence-electron chi connectivity index (χ1n) is 14.3. The minimum Gasteiger partial charge on any atom is -0.383 e. The van der Waals surface area contributed by atoms with Crippen molar-refractivity contribution in [1.29, 1.82) is 5.41 Å². The number of rotatable bonds is 12. The molecule has 1 saturated heterocycles. The molecule has 0 spiro atoms. The fraction of sp³-hybridized carbons (Fsp3) is 0.364. The molecule has 2 heterocycles. The Hall–Kier alpha value is -3.97. The van der Waals surface area contributed by atoms with Crippen molar-refractivity contribution in [3.8, 4) is 0 Å². The van der Waals surface area contributed by atoms with Crippen LogP contribution in [-0.4, -0.2) is 53.8 Å². The van der Waals surface area contributed by atoms with Crippen LogP contribution in [0.5, 0.6) is 0 Å². The standard InChI is InChI=1S/C33H43N7/c1-5-29-24(2)13-11-15-27(29)21-28(22-36-33-31(25(3)34)32(35)37-23-38-33)39(4)30-17-8-7-14-26(30)16-12-20-40-18-9-6-10-19-40/h5,7-8,11,13-15,17,21,23,34H,1,6,9-10,12,16,18-20,22H2,2-4H3,(H3,35,36,37,38)/b28-21-,34-25?. The number of piperidine rings is 1. The average molecular weight is 538 g/mol. The molecule has 4 N–H and O–H groups in total. The Morgan fingerprint density at radius 2 is 1.90 bits per heavy atom. The second kappa shape index (κ2) is 13.9. The van der Waals surface area contributed by atoms with Crippen molar-refractivity contribution < 1.29 is 0 Å². The van der Waals surface area contributed by atoms with Gasteiger partial charge in [-0.3, -0.25) is 0 Å². The number of aryl methyl sites for hydroxylation is 2. The van der Waals surface area contributed by atoms with Crippen LogP contribution in [0.1, 0.15) is 60.4 Å². The molecule has 210 valence electrons. The smallest absolute Gasteiger partial charge is 0.140 e. The van der Waals surface area contributed by atoms with Crippen LogP contribution in [0.2, 0.25) is 0 Å². The number of para-hydroxylation sites is 1. The summed E-state index contributed by atoms with van der Waals surface area (Å²) < 4.78 is 0. The Bertz CT molecular complexity index is 1350. The van der Waals surface area contributed by atoms with Gasteiger partial charge in [-0.05, 0) is 93.6 Å². The molecule has 1 aliphatic rings. The molecule has 0 saturated carbocycles. The van der Waals surface area contributed by atoms with Gasteiger partial charge in [0, 0.05) is 24.1 Å².